The molecule has 0 aliphatic rings. The Bertz CT molecular complexity index is 508. The van der Waals surface area contributed by atoms with Crippen molar-refractivity contribution in [3.8, 4) is 0 Å². The number of rotatable bonds is 0. The third-order valence-electron chi connectivity index (χ3n) is 2.27. The van der Waals surface area contributed by atoms with Crippen molar-refractivity contribution in [1.29, 1.82) is 0 Å². The summed E-state index contributed by atoms with van der Waals surface area (Å²) in [5, 5.41) is 5.61. The van der Waals surface area contributed by atoms with Crippen molar-refractivity contribution in [3.63, 3.8) is 0 Å². The average Bonchev–Trinajstić information content (AvgIpc) is 2.46. The van der Waals surface area contributed by atoms with Crippen molar-refractivity contribution in [2.45, 2.75) is 26.3 Å². The van der Waals surface area contributed by atoms with E-state index in [1.807, 2.05) is 23.0 Å². The van der Waals surface area contributed by atoms with Gasteiger partial charge < -0.3 is 5.73 Å². The Kier molecular flexibility index (Phi) is 2.26. The first kappa shape index (κ1) is 10.5. The number of nitrogen functional groups attached to an aromatic ring is 1. The SMILES string of the molecule is CC(C)(C)n1cc2cc(N)cc(Br)c2n1. The highest BCUT2D eigenvalue weighted by Gasteiger charge is 2.15. The van der Waals surface area contributed by atoms with Crippen molar-refractivity contribution < 1.29 is 0 Å². The molecule has 2 N–H and O–H groups in total. The van der Waals surface area contributed by atoms with Crippen molar-refractivity contribution >= 4 is 32.5 Å². The van der Waals surface area contributed by atoms with Gasteiger partial charge in [0.1, 0.15) is 5.52 Å². The molecule has 0 saturated carbocycles. The highest BCUT2D eigenvalue weighted by Crippen LogP contribution is 2.27. The lowest BCUT2D eigenvalue weighted by atomic mass is 10.1. The van der Waals surface area contributed by atoms with Gasteiger partial charge >= 0.3 is 0 Å². The molecular formula is C11H14BrN3. The van der Waals surface area contributed by atoms with Gasteiger partial charge in [-0.1, -0.05) is 0 Å². The van der Waals surface area contributed by atoms with E-state index in [-0.39, 0.29) is 5.54 Å². The van der Waals surface area contributed by atoms with Crippen LogP contribution in [0.1, 0.15) is 20.8 Å². The van der Waals surface area contributed by atoms with E-state index in [9.17, 15) is 0 Å². The van der Waals surface area contributed by atoms with Gasteiger partial charge in [-0.3, -0.25) is 4.68 Å². The standard InChI is InChI=1S/C11H14BrN3/c1-11(2,3)15-6-7-4-8(13)5-9(12)10(7)14-15/h4-6H,13H2,1-3H3. The fourth-order valence-electron chi connectivity index (χ4n) is 1.46. The fourth-order valence-corrected chi connectivity index (χ4v) is 2.03. The van der Waals surface area contributed by atoms with Crippen LogP contribution in [0.2, 0.25) is 0 Å². The Morgan fingerprint density at radius 3 is 2.60 bits per heavy atom. The van der Waals surface area contributed by atoms with Crippen LogP contribution < -0.4 is 5.73 Å². The van der Waals surface area contributed by atoms with E-state index in [2.05, 4.69) is 41.8 Å². The van der Waals surface area contributed by atoms with Crippen molar-refractivity contribution in [2.24, 2.45) is 0 Å². The van der Waals surface area contributed by atoms with Crippen LogP contribution >= 0.6 is 15.9 Å². The molecule has 0 aliphatic carbocycles. The number of nitrogens with zero attached hydrogens (tertiary/aromatic N) is 2. The molecule has 0 aliphatic heterocycles. The molecule has 0 saturated heterocycles. The number of benzene rings is 1. The van der Waals surface area contributed by atoms with Crippen LogP contribution in [0.3, 0.4) is 0 Å². The van der Waals surface area contributed by atoms with E-state index < -0.39 is 0 Å². The van der Waals surface area contributed by atoms with Gasteiger partial charge in [0.15, 0.2) is 0 Å². The maximum atomic E-state index is 5.78. The van der Waals surface area contributed by atoms with Crippen molar-refractivity contribution in [2.75, 3.05) is 5.73 Å². The van der Waals surface area contributed by atoms with Gasteiger partial charge in [-0.25, -0.2) is 0 Å². The highest BCUT2D eigenvalue weighted by molar-refractivity contribution is 9.10. The van der Waals surface area contributed by atoms with Gasteiger partial charge in [0.2, 0.25) is 0 Å². The Hall–Kier alpha value is -1.03. The molecular weight excluding hydrogens is 254 g/mol. The van der Waals surface area contributed by atoms with E-state index in [0.29, 0.717) is 0 Å². The molecule has 80 valence electrons. The molecule has 1 aromatic heterocycles. The molecule has 1 heterocycles. The van der Waals surface area contributed by atoms with Crippen LogP contribution in [-0.2, 0) is 5.54 Å². The number of halogens is 1. The van der Waals surface area contributed by atoms with Crippen LogP contribution in [0.15, 0.2) is 22.8 Å². The smallest absolute Gasteiger partial charge is 0.107 e. The molecule has 2 aromatic rings. The summed E-state index contributed by atoms with van der Waals surface area (Å²) in [6, 6.07) is 3.82. The average molecular weight is 268 g/mol. The zero-order valence-electron chi connectivity index (χ0n) is 9.08. The topological polar surface area (TPSA) is 43.8 Å². The first-order valence-electron chi connectivity index (χ1n) is 4.83. The summed E-state index contributed by atoms with van der Waals surface area (Å²) in [7, 11) is 0. The zero-order chi connectivity index (χ0) is 11.2. The molecule has 4 heteroatoms. The summed E-state index contributed by atoms with van der Waals surface area (Å²) in [5.74, 6) is 0. The second kappa shape index (κ2) is 3.23. The number of aromatic nitrogens is 2. The van der Waals surface area contributed by atoms with E-state index >= 15 is 0 Å². The summed E-state index contributed by atoms with van der Waals surface area (Å²) < 4.78 is 2.91. The predicted octanol–water partition coefficient (Wildman–Crippen LogP) is 3.14. The molecule has 2 rings (SSSR count). The molecule has 3 nitrogen and oxygen atoms in total. The lowest BCUT2D eigenvalue weighted by Crippen LogP contribution is -2.21. The van der Waals surface area contributed by atoms with Gasteiger partial charge in [0.05, 0.1) is 5.54 Å². The van der Waals surface area contributed by atoms with Gasteiger partial charge in [0, 0.05) is 21.7 Å². The molecule has 15 heavy (non-hydrogen) atoms. The lowest BCUT2D eigenvalue weighted by molar-refractivity contribution is 0.358. The first-order valence-corrected chi connectivity index (χ1v) is 5.62. The van der Waals surface area contributed by atoms with Crippen LogP contribution in [0.25, 0.3) is 10.9 Å². The first-order chi connectivity index (χ1) is 6.88. The van der Waals surface area contributed by atoms with Crippen molar-refractivity contribution in [3.05, 3.63) is 22.8 Å². The van der Waals surface area contributed by atoms with E-state index in [1.54, 1.807) is 0 Å². The Balaban J connectivity index is 2.71. The number of nitrogens with two attached hydrogens (primary N) is 1. The summed E-state index contributed by atoms with van der Waals surface area (Å²) in [4.78, 5) is 0. The molecule has 0 radical (unpaired) electrons. The number of hydrogen-bond donors (Lipinski definition) is 1. The Labute approximate surface area is 97.4 Å². The predicted molar refractivity (Wildman–Crippen MR) is 66.8 cm³/mol. The monoisotopic (exact) mass is 267 g/mol. The van der Waals surface area contributed by atoms with E-state index in [0.717, 1.165) is 21.1 Å². The third kappa shape index (κ3) is 1.86. The van der Waals surface area contributed by atoms with E-state index in [4.69, 9.17) is 5.73 Å². The summed E-state index contributed by atoms with van der Waals surface area (Å²) >= 11 is 3.47. The minimum atomic E-state index is -0.00672. The van der Waals surface area contributed by atoms with Crippen LogP contribution in [0.5, 0.6) is 0 Å². The molecule has 0 amide bonds. The Morgan fingerprint density at radius 1 is 1.33 bits per heavy atom. The van der Waals surface area contributed by atoms with Crippen LogP contribution in [-0.4, -0.2) is 9.78 Å². The van der Waals surface area contributed by atoms with Crippen LogP contribution in [0, 0.1) is 0 Å². The van der Waals surface area contributed by atoms with Gasteiger partial charge in [-0.05, 0) is 48.8 Å². The summed E-state index contributed by atoms with van der Waals surface area (Å²) in [6.45, 7) is 6.36. The second-order valence-electron chi connectivity index (χ2n) is 4.69. The maximum Gasteiger partial charge on any atom is 0.107 e. The maximum absolute atomic E-state index is 5.78. The van der Waals surface area contributed by atoms with Gasteiger partial charge in [-0.15, -0.1) is 0 Å². The minimum absolute atomic E-state index is 0.00672. The quantitative estimate of drug-likeness (QED) is 0.746. The summed E-state index contributed by atoms with van der Waals surface area (Å²) in [6.07, 6.45) is 2.02. The van der Waals surface area contributed by atoms with E-state index in [1.165, 1.54) is 0 Å². The minimum Gasteiger partial charge on any atom is -0.399 e. The largest absolute Gasteiger partial charge is 0.399 e. The third-order valence-corrected chi connectivity index (χ3v) is 2.88. The zero-order valence-corrected chi connectivity index (χ0v) is 10.7. The molecule has 0 bridgehead atoms. The molecule has 0 unspecified atom stereocenters. The fraction of sp³-hybridized carbons (Fsp3) is 0.364. The number of anilines is 1. The lowest BCUT2D eigenvalue weighted by Gasteiger charge is -2.18. The second-order valence-corrected chi connectivity index (χ2v) is 5.54. The molecule has 0 spiro atoms. The number of hydrogen-bond acceptors (Lipinski definition) is 2. The Morgan fingerprint density at radius 2 is 2.00 bits per heavy atom. The van der Waals surface area contributed by atoms with Gasteiger partial charge in [0.25, 0.3) is 0 Å². The summed E-state index contributed by atoms with van der Waals surface area (Å²) in [5.41, 5.74) is 7.48. The highest BCUT2D eigenvalue weighted by atomic mass is 79.9. The molecule has 1 aromatic carbocycles. The molecule has 0 fully saturated rings. The van der Waals surface area contributed by atoms with Crippen LogP contribution in [0.4, 0.5) is 5.69 Å². The van der Waals surface area contributed by atoms with Crippen molar-refractivity contribution in [1.82, 2.24) is 9.78 Å². The van der Waals surface area contributed by atoms with Gasteiger partial charge in [-0.2, -0.15) is 5.10 Å². The molecule has 0 atom stereocenters. The normalized spacial score (nSPS) is 12.3. The number of fused-ring (bicyclic) bond motifs is 1.